The monoisotopic (exact) mass is 418 g/mol. The van der Waals surface area contributed by atoms with Gasteiger partial charge in [-0.3, -0.25) is 19.7 Å². The van der Waals surface area contributed by atoms with Crippen LogP contribution in [0.1, 0.15) is 17.8 Å². The quantitative estimate of drug-likeness (QED) is 0.545. The van der Waals surface area contributed by atoms with Crippen molar-refractivity contribution in [1.29, 1.82) is 0 Å². The number of carbonyl (C=O) groups excluding carboxylic acids is 2. The van der Waals surface area contributed by atoms with E-state index in [4.69, 9.17) is 4.74 Å². The fourth-order valence-electron chi connectivity index (χ4n) is 3.22. The van der Waals surface area contributed by atoms with Crippen LogP contribution in [0.15, 0.2) is 29.6 Å². The van der Waals surface area contributed by atoms with Crippen molar-refractivity contribution < 1.29 is 19.2 Å². The molecule has 1 aromatic heterocycles. The number of carbonyl (C=O) groups is 2. The van der Waals surface area contributed by atoms with Gasteiger partial charge < -0.3 is 15.0 Å². The molecule has 1 saturated heterocycles. The lowest BCUT2D eigenvalue weighted by atomic mass is 9.97. The number of hydrogen-bond donors (Lipinski definition) is 1. The number of thiazole rings is 1. The van der Waals surface area contributed by atoms with Gasteiger partial charge >= 0.3 is 0 Å². The van der Waals surface area contributed by atoms with Gasteiger partial charge in [-0.25, -0.2) is 4.98 Å². The molecule has 1 aliphatic rings. The number of benzene rings is 1. The topological polar surface area (TPSA) is 115 Å². The fourth-order valence-corrected chi connectivity index (χ4v) is 3.96. The lowest BCUT2D eigenvalue weighted by molar-refractivity contribution is -0.384. The van der Waals surface area contributed by atoms with E-state index in [-0.39, 0.29) is 30.0 Å². The molecule has 10 heteroatoms. The van der Waals surface area contributed by atoms with Gasteiger partial charge in [0.25, 0.3) is 5.69 Å². The molecule has 154 valence electrons. The first-order valence-electron chi connectivity index (χ1n) is 9.21. The van der Waals surface area contributed by atoms with Crippen molar-refractivity contribution in [3.63, 3.8) is 0 Å². The van der Waals surface area contributed by atoms with Gasteiger partial charge in [-0.05, 0) is 25.0 Å². The number of nitro benzene ring substituents is 1. The van der Waals surface area contributed by atoms with Gasteiger partial charge in [0.05, 0.1) is 23.1 Å². The van der Waals surface area contributed by atoms with E-state index in [0.717, 1.165) is 23.4 Å². The van der Waals surface area contributed by atoms with E-state index in [0.29, 0.717) is 25.3 Å². The van der Waals surface area contributed by atoms with Crippen molar-refractivity contribution >= 4 is 28.8 Å². The van der Waals surface area contributed by atoms with Crippen molar-refractivity contribution in [2.75, 3.05) is 26.8 Å². The average molecular weight is 418 g/mol. The number of methoxy groups -OCH3 is 1. The molecule has 0 spiro atoms. The van der Waals surface area contributed by atoms with Gasteiger partial charge in [0.2, 0.25) is 11.8 Å². The Bertz CT molecular complexity index is 883. The fraction of sp³-hybridized carbons (Fsp3) is 0.421. The standard InChI is InChI=1S/C19H22N4O5S/c1-28-11-18(24)22-8-2-3-14(10-22)19(25)20-9-17-21-16(12-29-17)13-4-6-15(7-5-13)23(26)27/h4-7,12,14H,2-3,8-11H2,1H3,(H,20,25)/t14-/m0/s1. The minimum absolute atomic E-state index is 0.0267. The maximum Gasteiger partial charge on any atom is 0.269 e. The number of likely N-dealkylation sites (tertiary alicyclic amines) is 1. The lowest BCUT2D eigenvalue weighted by Crippen LogP contribution is -2.46. The maximum atomic E-state index is 12.5. The summed E-state index contributed by atoms with van der Waals surface area (Å²) in [7, 11) is 1.48. The zero-order valence-electron chi connectivity index (χ0n) is 16.0. The molecule has 1 aromatic carbocycles. The first kappa shape index (κ1) is 20.9. The highest BCUT2D eigenvalue weighted by atomic mass is 32.1. The molecule has 2 aromatic rings. The zero-order valence-corrected chi connectivity index (χ0v) is 16.8. The van der Waals surface area contributed by atoms with Crippen LogP contribution >= 0.6 is 11.3 Å². The summed E-state index contributed by atoms with van der Waals surface area (Å²) < 4.78 is 4.88. The Morgan fingerprint density at radius 2 is 2.14 bits per heavy atom. The van der Waals surface area contributed by atoms with Crippen molar-refractivity contribution in [2.24, 2.45) is 5.92 Å². The summed E-state index contributed by atoms with van der Waals surface area (Å²) in [5, 5.41) is 16.2. The molecule has 29 heavy (non-hydrogen) atoms. The molecule has 0 radical (unpaired) electrons. The molecular formula is C19H22N4O5S. The second kappa shape index (κ2) is 9.57. The first-order chi connectivity index (χ1) is 14.0. The molecular weight excluding hydrogens is 396 g/mol. The van der Waals surface area contributed by atoms with Crippen LogP contribution < -0.4 is 5.32 Å². The average Bonchev–Trinajstić information content (AvgIpc) is 3.21. The van der Waals surface area contributed by atoms with E-state index in [1.54, 1.807) is 17.0 Å². The van der Waals surface area contributed by atoms with Gasteiger partial charge in [0.15, 0.2) is 0 Å². The molecule has 0 saturated carbocycles. The number of non-ortho nitro benzene ring substituents is 1. The van der Waals surface area contributed by atoms with Gasteiger partial charge in [-0.1, -0.05) is 0 Å². The van der Waals surface area contributed by atoms with Crippen LogP contribution in [0.25, 0.3) is 11.3 Å². The first-order valence-corrected chi connectivity index (χ1v) is 10.1. The third-order valence-electron chi connectivity index (χ3n) is 4.75. The SMILES string of the molecule is COCC(=O)N1CCC[C@H](C(=O)NCc2nc(-c3ccc([N+](=O)[O-])cc3)cs2)C1. The Balaban J connectivity index is 1.54. The summed E-state index contributed by atoms with van der Waals surface area (Å²) in [6.45, 7) is 1.38. The minimum Gasteiger partial charge on any atom is -0.375 e. The molecule has 1 aliphatic heterocycles. The highest BCUT2D eigenvalue weighted by Crippen LogP contribution is 2.24. The van der Waals surface area contributed by atoms with Crippen molar-refractivity contribution in [3.05, 3.63) is 44.8 Å². The third-order valence-corrected chi connectivity index (χ3v) is 5.60. The van der Waals surface area contributed by atoms with Gasteiger partial charge in [-0.2, -0.15) is 0 Å². The van der Waals surface area contributed by atoms with Crippen LogP contribution in [0.3, 0.4) is 0 Å². The van der Waals surface area contributed by atoms with E-state index in [9.17, 15) is 19.7 Å². The Hall–Kier alpha value is -2.85. The summed E-state index contributed by atoms with van der Waals surface area (Å²) in [5.41, 5.74) is 1.52. The number of amides is 2. The second-order valence-corrected chi connectivity index (χ2v) is 7.70. The molecule has 0 unspecified atom stereocenters. The number of rotatable bonds is 7. The Labute approximate surface area is 171 Å². The molecule has 1 N–H and O–H groups in total. The van der Waals surface area contributed by atoms with E-state index >= 15 is 0 Å². The Morgan fingerprint density at radius 3 is 2.83 bits per heavy atom. The maximum absolute atomic E-state index is 12.5. The number of nitro groups is 1. The molecule has 0 aliphatic carbocycles. The van der Waals surface area contributed by atoms with E-state index < -0.39 is 4.92 Å². The molecule has 1 atom stereocenters. The highest BCUT2D eigenvalue weighted by Gasteiger charge is 2.28. The Kier molecular flexibility index (Phi) is 6.89. The minimum atomic E-state index is -0.443. The molecule has 1 fully saturated rings. The molecule has 9 nitrogen and oxygen atoms in total. The second-order valence-electron chi connectivity index (χ2n) is 6.76. The van der Waals surface area contributed by atoms with Crippen LogP contribution in [0, 0.1) is 16.0 Å². The molecule has 0 bridgehead atoms. The molecule has 3 rings (SSSR count). The van der Waals surface area contributed by atoms with Gasteiger partial charge in [-0.15, -0.1) is 11.3 Å². The summed E-state index contributed by atoms with van der Waals surface area (Å²) in [5.74, 6) is -0.427. The summed E-state index contributed by atoms with van der Waals surface area (Å²) in [4.78, 5) is 40.9. The van der Waals surface area contributed by atoms with Crippen molar-refractivity contribution in [3.8, 4) is 11.3 Å². The van der Waals surface area contributed by atoms with Crippen LogP contribution in [0.2, 0.25) is 0 Å². The lowest BCUT2D eigenvalue weighted by Gasteiger charge is -2.31. The van der Waals surface area contributed by atoms with E-state index in [1.807, 2.05) is 5.38 Å². The van der Waals surface area contributed by atoms with E-state index in [1.165, 1.54) is 30.6 Å². The zero-order chi connectivity index (χ0) is 20.8. The predicted octanol–water partition coefficient (Wildman–Crippen LogP) is 2.22. The number of ether oxygens (including phenoxy) is 1. The Morgan fingerprint density at radius 1 is 1.38 bits per heavy atom. The number of aromatic nitrogens is 1. The summed E-state index contributed by atoms with van der Waals surface area (Å²) in [6, 6.07) is 6.19. The van der Waals surface area contributed by atoms with Gasteiger partial charge in [0.1, 0.15) is 11.6 Å². The summed E-state index contributed by atoms with van der Waals surface area (Å²) >= 11 is 1.41. The largest absolute Gasteiger partial charge is 0.375 e. The van der Waals surface area contributed by atoms with Crippen molar-refractivity contribution in [1.82, 2.24) is 15.2 Å². The van der Waals surface area contributed by atoms with Crippen LogP contribution in [-0.2, 0) is 20.9 Å². The number of nitrogens with one attached hydrogen (secondary N) is 1. The van der Waals surface area contributed by atoms with Crippen LogP contribution in [0.4, 0.5) is 5.69 Å². The smallest absolute Gasteiger partial charge is 0.269 e. The predicted molar refractivity (Wildman–Crippen MR) is 107 cm³/mol. The number of piperidine rings is 1. The summed E-state index contributed by atoms with van der Waals surface area (Å²) in [6.07, 6.45) is 1.53. The number of nitrogens with zero attached hydrogens (tertiary/aromatic N) is 3. The van der Waals surface area contributed by atoms with Gasteiger partial charge in [0, 0.05) is 43.3 Å². The van der Waals surface area contributed by atoms with Crippen LogP contribution in [0.5, 0.6) is 0 Å². The number of hydrogen-bond acceptors (Lipinski definition) is 7. The molecule has 2 amide bonds. The van der Waals surface area contributed by atoms with Crippen molar-refractivity contribution in [2.45, 2.75) is 19.4 Å². The third kappa shape index (κ3) is 5.36. The van der Waals surface area contributed by atoms with Crippen LogP contribution in [-0.4, -0.2) is 53.4 Å². The highest BCUT2D eigenvalue weighted by molar-refractivity contribution is 7.09. The molecule has 2 heterocycles. The normalized spacial score (nSPS) is 16.4. The van der Waals surface area contributed by atoms with E-state index in [2.05, 4.69) is 10.3 Å².